The predicted octanol–water partition coefficient (Wildman–Crippen LogP) is 2.23. The minimum atomic E-state index is -0.0764. The molecule has 0 aromatic carbocycles. The van der Waals surface area contributed by atoms with Crippen LogP contribution in [0.15, 0.2) is 10.8 Å². The number of hydrogen-bond donors (Lipinski definition) is 1. The summed E-state index contributed by atoms with van der Waals surface area (Å²) in [6.45, 7) is 3.05. The van der Waals surface area contributed by atoms with E-state index in [4.69, 9.17) is 0 Å². The molecule has 0 bridgehead atoms. The van der Waals surface area contributed by atoms with E-state index >= 15 is 0 Å². The van der Waals surface area contributed by atoms with Crippen LogP contribution in [0.1, 0.15) is 25.8 Å². The molecule has 0 atom stereocenters. The Labute approximate surface area is 87.1 Å². The summed E-state index contributed by atoms with van der Waals surface area (Å²) in [6, 6.07) is 0. The molecule has 1 aromatic rings. The molecule has 0 aliphatic carbocycles. The summed E-state index contributed by atoms with van der Waals surface area (Å²) < 4.78 is 0. The Morgan fingerprint density at radius 3 is 2.64 bits per heavy atom. The third-order valence-electron chi connectivity index (χ3n) is 1.80. The number of nitrogens with one attached hydrogen (secondary N) is 1. The first kappa shape index (κ1) is 10.9. The zero-order valence-corrected chi connectivity index (χ0v) is 9.11. The Balaban J connectivity index is 2.62. The van der Waals surface area contributed by atoms with Gasteiger partial charge in [0.15, 0.2) is 0 Å². The van der Waals surface area contributed by atoms with Crippen molar-refractivity contribution < 1.29 is 9.59 Å². The number of Topliss-reactive ketones (excluding diaryl/α,β-unsaturated/α-hetero) is 1. The topological polar surface area (TPSA) is 46.2 Å². The minimum Gasteiger partial charge on any atom is -0.325 e. The Morgan fingerprint density at radius 1 is 1.36 bits per heavy atom. The van der Waals surface area contributed by atoms with Crippen molar-refractivity contribution in [2.75, 3.05) is 5.32 Å². The van der Waals surface area contributed by atoms with Crippen LogP contribution in [-0.4, -0.2) is 11.7 Å². The number of aryl methyl sites for hydroxylation is 1. The van der Waals surface area contributed by atoms with Gasteiger partial charge >= 0.3 is 0 Å². The summed E-state index contributed by atoms with van der Waals surface area (Å²) in [6.07, 6.45) is 1.23. The third kappa shape index (κ3) is 3.30. The third-order valence-corrected chi connectivity index (χ3v) is 2.59. The van der Waals surface area contributed by atoms with Gasteiger partial charge in [0.05, 0.1) is 5.69 Å². The fourth-order valence-corrected chi connectivity index (χ4v) is 1.95. The van der Waals surface area contributed by atoms with Crippen molar-refractivity contribution in [1.82, 2.24) is 0 Å². The van der Waals surface area contributed by atoms with E-state index in [9.17, 15) is 9.59 Å². The van der Waals surface area contributed by atoms with E-state index < -0.39 is 0 Å². The highest BCUT2D eigenvalue weighted by Gasteiger charge is 2.05. The summed E-state index contributed by atoms with van der Waals surface area (Å²) in [5.41, 5.74) is 1.88. The molecule has 0 aliphatic rings. The van der Waals surface area contributed by atoms with Gasteiger partial charge in [0.2, 0.25) is 5.91 Å². The zero-order chi connectivity index (χ0) is 10.6. The van der Waals surface area contributed by atoms with E-state index in [0.29, 0.717) is 12.8 Å². The summed E-state index contributed by atoms with van der Waals surface area (Å²) in [5, 5.41) is 6.59. The molecule has 1 rings (SSSR count). The van der Waals surface area contributed by atoms with Gasteiger partial charge in [-0.3, -0.25) is 4.79 Å². The van der Waals surface area contributed by atoms with Crippen molar-refractivity contribution in [1.29, 1.82) is 0 Å². The number of carbonyl (C=O) groups excluding carboxylic acids is 2. The van der Waals surface area contributed by atoms with E-state index in [1.165, 1.54) is 18.3 Å². The Bertz CT molecular complexity index is 344. The first-order chi connectivity index (χ1) is 6.59. The smallest absolute Gasteiger partial charge is 0.221 e. The molecular formula is C10H13NO2S. The molecule has 1 N–H and O–H groups in total. The highest BCUT2D eigenvalue weighted by atomic mass is 32.1. The van der Waals surface area contributed by atoms with Gasteiger partial charge in [-0.25, -0.2) is 0 Å². The normalized spacial score (nSPS) is 9.86. The zero-order valence-electron chi connectivity index (χ0n) is 8.29. The number of anilines is 1. The summed E-state index contributed by atoms with van der Waals surface area (Å²) in [4.78, 5) is 21.6. The van der Waals surface area contributed by atoms with E-state index in [1.807, 2.05) is 10.8 Å². The minimum absolute atomic E-state index is 0.0764. The van der Waals surface area contributed by atoms with Crippen LogP contribution in [0.3, 0.4) is 0 Å². The molecule has 0 fully saturated rings. The van der Waals surface area contributed by atoms with E-state index in [-0.39, 0.29) is 11.7 Å². The Morgan fingerprint density at radius 2 is 2.07 bits per heavy atom. The van der Waals surface area contributed by atoms with Crippen LogP contribution >= 0.6 is 11.3 Å². The monoisotopic (exact) mass is 211 g/mol. The van der Waals surface area contributed by atoms with Crippen LogP contribution in [0.25, 0.3) is 0 Å². The van der Waals surface area contributed by atoms with Gasteiger partial charge in [0.25, 0.3) is 0 Å². The van der Waals surface area contributed by atoms with Crippen molar-refractivity contribution in [2.45, 2.75) is 26.7 Å². The highest BCUT2D eigenvalue weighted by molar-refractivity contribution is 7.08. The van der Waals surface area contributed by atoms with Gasteiger partial charge in [0, 0.05) is 18.7 Å². The molecule has 76 valence electrons. The number of rotatable bonds is 4. The second-order valence-corrected chi connectivity index (χ2v) is 3.94. The molecule has 3 nitrogen and oxygen atoms in total. The quantitative estimate of drug-likeness (QED) is 0.830. The van der Waals surface area contributed by atoms with Gasteiger partial charge < -0.3 is 10.1 Å². The van der Waals surface area contributed by atoms with Crippen LogP contribution in [-0.2, 0) is 16.0 Å². The second kappa shape index (κ2) is 4.91. The average molecular weight is 211 g/mol. The van der Waals surface area contributed by atoms with Crippen LogP contribution < -0.4 is 5.32 Å². The number of hydrogen-bond acceptors (Lipinski definition) is 3. The molecule has 14 heavy (non-hydrogen) atoms. The van der Waals surface area contributed by atoms with Gasteiger partial charge in [-0.1, -0.05) is 0 Å². The SMILES string of the molecule is CC(=O)CCc1cscc1NC(C)=O. The number of carbonyl (C=O) groups is 2. The lowest BCUT2D eigenvalue weighted by atomic mass is 10.1. The van der Waals surface area contributed by atoms with Crippen LogP contribution in [0.4, 0.5) is 5.69 Å². The molecule has 4 heteroatoms. The second-order valence-electron chi connectivity index (χ2n) is 3.19. The predicted molar refractivity (Wildman–Crippen MR) is 57.6 cm³/mol. The summed E-state index contributed by atoms with van der Waals surface area (Å²) in [5.74, 6) is 0.0949. The van der Waals surface area contributed by atoms with Gasteiger partial charge in [-0.2, -0.15) is 0 Å². The number of ketones is 1. The Hall–Kier alpha value is -1.16. The fourth-order valence-electron chi connectivity index (χ4n) is 1.13. The number of thiophene rings is 1. The summed E-state index contributed by atoms with van der Waals surface area (Å²) >= 11 is 1.53. The molecule has 0 spiro atoms. The van der Waals surface area contributed by atoms with Crippen LogP contribution in [0, 0.1) is 0 Å². The van der Waals surface area contributed by atoms with Gasteiger partial charge in [-0.05, 0) is 24.3 Å². The van der Waals surface area contributed by atoms with Gasteiger partial charge in [-0.15, -0.1) is 11.3 Å². The fraction of sp³-hybridized carbons (Fsp3) is 0.400. The lowest BCUT2D eigenvalue weighted by Crippen LogP contribution is -2.07. The molecular weight excluding hydrogens is 198 g/mol. The molecule has 0 saturated carbocycles. The molecule has 0 aliphatic heterocycles. The van der Waals surface area contributed by atoms with Crippen molar-refractivity contribution in [3.8, 4) is 0 Å². The van der Waals surface area contributed by atoms with Crippen LogP contribution in [0.5, 0.6) is 0 Å². The standard InChI is InChI=1S/C10H13NO2S/c1-7(12)3-4-9-5-14-6-10(9)11-8(2)13/h5-6H,3-4H2,1-2H3,(H,11,13). The first-order valence-corrected chi connectivity index (χ1v) is 5.36. The largest absolute Gasteiger partial charge is 0.325 e. The molecule has 1 amide bonds. The number of amides is 1. The maximum atomic E-state index is 10.8. The van der Waals surface area contributed by atoms with Crippen molar-refractivity contribution in [3.63, 3.8) is 0 Å². The average Bonchev–Trinajstić information content (AvgIpc) is 2.47. The lowest BCUT2D eigenvalue weighted by molar-refractivity contribution is -0.117. The maximum Gasteiger partial charge on any atom is 0.221 e. The molecule has 0 saturated heterocycles. The van der Waals surface area contributed by atoms with E-state index in [1.54, 1.807) is 6.92 Å². The first-order valence-electron chi connectivity index (χ1n) is 4.41. The lowest BCUT2D eigenvalue weighted by Gasteiger charge is -2.02. The summed E-state index contributed by atoms with van der Waals surface area (Å²) in [7, 11) is 0. The molecule has 1 heterocycles. The molecule has 0 unspecified atom stereocenters. The van der Waals surface area contributed by atoms with Crippen molar-refractivity contribution in [2.24, 2.45) is 0 Å². The molecule has 0 radical (unpaired) electrons. The maximum absolute atomic E-state index is 10.8. The molecule has 1 aromatic heterocycles. The van der Waals surface area contributed by atoms with Crippen molar-refractivity contribution in [3.05, 3.63) is 16.3 Å². The Kier molecular flexibility index (Phi) is 3.83. The van der Waals surface area contributed by atoms with Crippen LogP contribution in [0.2, 0.25) is 0 Å². The van der Waals surface area contributed by atoms with Gasteiger partial charge in [0.1, 0.15) is 5.78 Å². The van der Waals surface area contributed by atoms with E-state index in [2.05, 4.69) is 5.32 Å². The highest BCUT2D eigenvalue weighted by Crippen LogP contribution is 2.22. The van der Waals surface area contributed by atoms with E-state index in [0.717, 1.165) is 11.3 Å². The van der Waals surface area contributed by atoms with Crippen molar-refractivity contribution >= 4 is 28.7 Å².